The smallest absolute Gasteiger partial charge is 0.266 e. The number of anilines is 1. The maximum absolute atomic E-state index is 12.7. The molecule has 0 unspecified atom stereocenters. The zero-order valence-corrected chi connectivity index (χ0v) is 19.0. The van der Waals surface area contributed by atoms with Crippen LogP contribution < -0.4 is 5.32 Å². The van der Waals surface area contributed by atoms with E-state index in [2.05, 4.69) is 21.2 Å². The van der Waals surface area contributed by atoms with E-state index < -0.39 is 0 Å². The highest BCUT2D eigenvalue weighted by molar-refractivity contribution is 9.10. The number of thioether (sulfide) groups is 1. The largest absolute Gasteiger partial charge is 0.326 e. The zero-order valence-electron chi connectivity index (χ0n) is 15.8. The van der Waals surface area contributed by atoms with Crippen molar-refractivity contribution >= 4 is 67.8 Å². The lowest BCUT2D eigenvalue weighted by molar-refractivity contribution is -0.122. The van der Waals surface area contributed by atoms with Gasteiger partial charge in [0, 0.05) is 23.1 Å². The molecule has 4 nitrogen and oxygen atoms in total. The van der Waals surface area contributed by atoms with Crippen molar-refractivity contribution in [2.24, 2.45) is 0 Å². The summed E-state index contributed by atoms with van der Waals surface area (Å²) in [6.07, 6.45) is 4.80. The van der Waals surface area contributed by atoms with Gasteiger partial charge in [-0.05, 0) is 48.7 Å². The Hall–Kier alpha value is -1.96. The van der Waals surface area contributed by atoms with Crippen LogP contribution in [0.2, 0.25) is 0 Å². The Morgan fingerprint density at radius 1 is 1.10 bits per heavy atom. The predicted molar refractivity (Wildman–Crippen MR) is 128 cm³/mol. The second-order valence-electron chi connectivity index (χ2n) is 6.61. The SMILES string of the molecule is O=C(CCCCCN1C(=O)/C(=C/c2cccc(Br)c2)SC1=S)Nc1ccccc1. The molecule has 2 aromatic rings. The highest BCUT2D eigenvalue weighted by atomic mass is 79.9. The maximum atomic E-state index is 12.7. The van der Waals surface area contributed by atoms with Crippen molar-refractivity contribution in [2.45, 2.75) is 25.7 Å². The number of rotatable bonds is 8. The minimum atomic E-state index is -0.0400. The van der Waals surface area contributed by atoms with Crippen LogP contribution in [0.3, 0.4) is 0 Å². The van der Waals surface area contributed by atoms with Gasteiger partial charge in [-0.2, -0.15) is 0 Å². The quantitative estimate of drug-likeness (QED) is 0.287. The first-order valence-corrected chi connectivity index (χ1v) is 11.4. The van der Waals surface area contributed by atoms with Gasteiger partial charge < -0.3 is 5.32 Å². The fraction of sp³-hybridized carbons (Fsp3) is 0.227. The van der Waals surface area contributed by atoms with Crippen molar-refractivity contribution in [3.05, 3.63) is 69.5 Å². The molecule has 1 N–H and O–H groups in total. The summed E-state index contributed by atoms with van der Waals surface area (Å²) in [6, 6.07) is 17.2. The van der Waals surface area contributed by atoms with Gasteiger partial charge in [0.1, 0.15) is 4.32 Å². The van der Waals surface area contributed by atoms with E-state index >= 15 is 0 Å². The number of halogens is 1. The number of hydrogen-bond acceptors (Lipinski definition) is 4. The molecule has 0 saturated carbocycles. The first-order chi connectivity index (χ1) is 14.0. The molecule has 1 aliphatic rings. The van der Waals surface area contributed by atoms with E-state index in [1.54, 1.807) is 4.90 Å². The normalized spacial score (nSPS) is 15.2. The highest BCUT2D eigenvalue weighted by Gasteiger charge is 2.31. The summed E-state index contributed by atoms with van der Waals surface area (Å²) in [6.45, 7) is 0.584. The predicted octanol–water partition coefficient (Wildman–Crippen LogP) is 5.85. The summed E-state index contributed by atoms with van der Waals surface area (Å²) >= 11 is 10.2. The van der Waals surface area contributed by atoms with E-state index in [4.69, 9.17) is 12.2 Å². The number of para-hydroxylation sites is 1. The van der Waals surface area contributed by atoms with Gasteiger partial charge in [0.15, 0.2) is 0 Å². The van der Waals surface area contributed by atoms with Gasteiger partial charge >= 0.3 is 0 Å². The molecule has 2 aromatic carbocycles. The standard InChI is InChI=1S/C22H21BrN2O2S2/c23-17-9-7-8-16(14-17)15-19-21(27)25(22(28)29-19)13-6-2-5-12-20(26)24-18-10-3-1-4-11-18/h1,3-4,7-11,14-15H,2,5-6,12-13H2,(H,24,26)/b19-15-. The van der Waals surface area contributed by atoms with Crippen LogP contribution in [-0.2, 0) is 9.59 Å². The molecule has 150 valence electrons. The number of benzene rings is 2. The van der Waals surface area contributed by atoms with E-state index in [0.717, 1.165) is 35.0 Å². The monoisotopic (exact) mass is 488 g/mol. The lowest BCUT2D eigenvalue weighted by atomic mass is 10.1. The molecule has 0 aliphatic carbocycles. The Bertz CT molecular complexity index is 931. The minimum Gasteiger partial charge on any atom is -0.326 e. The Morgan fingerprint density at radius 2 is 1.90 bits per heavy atom. The Morgan fingerprint density at radius 3 is 2.66 bits per heavy atom. The molecule has 0 atom stereocenters. The fourth-order valence-electron chi connectivity index (χ4n) is 2.92. The van der Waals surface area contributed by atoms with Gasteiger partial charge in [-0.1, -0.05) is 76.7 Å². The molecule has 0 aromatic heterocycles. The summed E-state index contributed by atoms with van der Waals surface area (Å²) in [4.78, 5) is 26.9. The van der Waals surface area contributed by atoms with Gasteiger partial charge in [-0.15, -0.1) is 0 Å². The molecule has 3 rings (SSSR count). The second-order valence-corrected chi connectivity index (χ2v) is 9.20. The summed E-state index contributed by atoms with van der Waals surface area (Å²) < 4.78 is 1.57. The van der Waals surface area contributed by atoms with E-state index in [9.17, 15) is 9.59 Å². The summed E-state index contributed by atoms with van der Waals surface area (Å²) in [5.74, 6) is -0.0273. The molecule has 0 radical (unpaired) electrons. The van der Waals surface area contributed by atoms with Crippen LogP contribution >= 0.6 is 39.9 Å². The Labute approximate surface area is 188 Å². The first-order valence-electron chi connectivity index (χ1n) is 9.39. The third kappa shape index (κ3) is 6.52. The van der Waals surface area contributed by atoms with Crippen LogP contribution in [-0.4, -0.2) is 27.6 Å². The molecular weight excluding hydrogens is 468 g/mol. The number of amides is 2. The Balaban J connectivity index is 1.42. The number of unbranched alkanes of at least 4 members (excludes halogenated alkanes) is 2. The topological polar surface area (TPSA) is 49.4 Å². The minimum absolute atomic E-state index is 0.0127. The number of nitrogens with one attached hydrogen (secondary N) is 1. The average molecular weight is 489 g/mol. The number of carbonyl (C=O) groups is 2. The van der Waals surface area contributed by atoms with Crippen LogP contribution in [0.5, 0.6) is 0 Å². The summed E-state index contributed by atoms with van der Waals surface area (Å²) in [5.41, 5.74) is 1.77. The summed E-state index contributed by atoms with van der Waals surface area (Å²) in [5, 5.41) is 2.88. The molecule has 1 saturated heterocycles. The van der Waals surface area contributed by atoms with Gasteiger partial charge in [0.2, 0.25) is 5.91 Å². The molecule has 0 bridgehead atoms. The molecule has 29 heavy (non-hydrogen) atoms. The summed E-state index contributed by atoms with van der Waals surface area (Å²) in [7, 11) is 0. The lowest BCUT2D eigenvalue weighted by Gasteiger charge is -2.14. The van der Waals surface area contributed by atoms with Crippen LogP contribution in [0.15, 0.2) is 64.0 Å². The highest BCUT2D eigenvalue weighted by Crippen LogP contribution is 2.33. The third-order valence-electron chi connectivity index (χ3n) is 4.36. The van der Waals surface area contributed by atoms with E-state index in [1.165, 1.54) is 11.8 Å². The van der Waals surface area contributed by atoms with Crippen LogP contribution in [0.1, 0.15) is 31.2 Å². The van der Waals surface area contributed by atoms with Crippen molar-refractivity contribution in [3.8, 4) is 0 Å². The fourth-order valence-corrected chi connectivity index (χ4v) is 4.64. The van der Waals surface area contributed by atoms with Crippen molar-refractivity contribution in [1.82, 2.24) is 4.90 Å². The molecule has 1 aliphatic heterocycles. The van der Waals surface area contributed by atoms with Crippen molar-refractivity contribution in [1.29, 1.82) is 0 Å². The number of thiocarbonyl (C=S) groups is 1. The van der Waals surface area contributed by atoms with E-state index in [-0.39, 0.29) is 11.8 Å². The number of carbonyl (C=O) groups excluding carboxylic acids is 2. The van der Waals surface area contributed by atoms with Crippen LogP contribution in [0.25, 0.3) is 6.08 Å². The van der Waals surface area contributed by atoms with E-state index in [0.29, 0.717) is 22.2 Å². The first kappa shape index (κ1) is 21.7. The van der Waals surface area contributed by atoms with Gasteiger partial charge in [-0.25, -0.2) is 0 Å². The third-order valence-corrected chi connectivity index (χ3v) is 6.23. The van der Waals surface area contributed by atoms with Gasteiger partial charge in [0.25, 0.3) is 5.91 Å². The lowest BCUT2D eigenvalue weighted by Crippen LogP contribution is -2.29. The Kier molecular flexibility index (Phi) is 8.03. The zero-order chi connectivity index (χ0) is 20.6. The number of hydrogen-bond donors (Lipinski definition) is 1. The molecule has 7 heteroatoms. The molecule has 2 amide bonds. The van der Waals surface area contributed by atoms with E-state index in [1.807, 2.05) is 60.7 Å². The molecule has 1 heterocycles. The van der Waals surface area contributed by atoms with Crippen molar-refractivity contribution < 1.29 is 9.59 Å². The van der Waals surface area contributed by atoms with Crippen molar-refractivity contribution in [2.75, 3.05) is 11.9 Å². The van der Waals surface area contributed by atoms with Gasteiger partial charge in [-0.3, -0.25) is 14.5 Å². The van der Waals surface area contributed by atoms with Gasteiger partial charge in [0.05, 0.1) is 4.91 Å². The van der Waals surface area contributed by atoms with Crippen molar-refractivity contribution in [3.63, 3.8) is 0 Å². The van der Waals surface area contributed by atoms with Crippen LogP contribution in [0, 0.1) is 0 Å². The number of nitrogens with zero attached hydrogens (tertiary/aromatic N) is 1. The molecular formula is C22H21BrN2O2S2. The average Bonchev–Trinajstić information content (AvgIpc) is 2.95. The maximum Gasteiger partial charge on any atom is 0.266 e. The second kappa shape index (κ2) is 10.7. The van der Waals surface area contributed by atoms with Crippen LogP contribution in [0.4, 0.5) is 5.69 Å². The molecule has 0 spiro atoms. The molecule has 1 fully saturated rings.